The molecule has 1 saturated heterocycles. The van der Waals surface area contributed by atoms with E-state index in [-0.39, 0.29) is 0 Å². The summed E-state index contributed by atoms with van der Waals surface area (Å²) in [6.45, 7) is 3.92. The Morgan fingerprint density at radius 3 is 2.80 bits per heavy atom. The van der Waals surface area contributed by atoms with Gasteiger partial charge in [0.1, 0.15) is 0 Å². The molecule has 20 heavy (non-hydrogen) atoms. The first-order valence-electron chi connectivity index (χ1n) is 6.83. The Kier molecular flexibility index (Phi) is 3.76. The summed E-state index contributed by atoms with van der Waals surface area (Å²) in [5.41, 5.74) is 8.16. The lowest BCUT2D eigenvalue weighted by Gasteiger charge is -2.28. The van der Waals surface area contributed by atoms with Gasteiger partial charge in [-0.2, -0.15) is 4.98 Å². The Balaban J connectivity index is 1.81. The molecule has 1 aromatic carbocycles. The number of aryl methyl sites for hydroxylation is 1. The van der Waals surface area contributed by atoms with Crippen molar-refractivity contribution in [3.05, 3.63) is 28.2 Å². The third-order valence-corrected chi connectivity index (χ3v) is 4.62. The van der Waals surface area contributed by atoms with E-state index in [9.17, 15) is 0 Å². The fourth-order valence-corrected chi connectivity index (χ4v) is 2.66. The van der Waals surface area contributed by atoms with Crippen LogP contribution in [0.4, 0.5) is 5.95 Å². The molecule has 5 nitrogen and oxygen atoms in total. The van der Waals surface area contributed by atoms with Crippen LogP contribution in [0.25, 0.3) is 11.4 Å². The summed E-state index contributed by atoms with van der Waals surface area (Å²) in [6.07, 6.45) is 2.00. The second kappa shape index (κ2) is 5.54. The van der Waals surface area contributed by atoms with E-state index in [0.29, 0.717) is 6.04 Å². The molecule has 1 fully saturated rings. The molecule has 0 saturated carbocycles. The second-order valence-corrected chi connectivity index (χ2v) is 6.13. The molecule has 2 heterocycles. The van der Waals surface area contributed by atoms with Gasteiger partial charge in [0.2, 0.25) is 5.95 Å². The van der Waals surface area contributed by atoms with Crippen LogP contribution in [0.15, 0.2) is 22.7 Å². The highest BCUT2D eigenvalue weighted by Crippen LogP contribution is 2.24. The Morgan fingerprint density at radius 1 is 1.35 bits per heavy atom. The molecule has 3 N–H and O–H groups in total. The molecule has 0 atom stereocenters. The second-order valence-electron chi connectivity index (χ2n) is 5.27. The van der Waals surface area contributed by atoms with Crippen LogP contribution >= 0.6 is 15.9 Å². The van der Waals surface area contributed by atoms with Crippen LogP contribution in [0, 0.1) is 6.92 Å². The van der Waals surface area contributed by atoms with E-state index in [2.05, 4.69) is 49.0 Å². The molecule has 0 bridgehead atoms. The molecule has 1 aromatic heterocycles. The van der Waals surface area contributed by atoms with Crippen molar-refractivity contribution in [3.63, 3.8) is 0 Å². The highest BCUT2D eigenvalue weighted by Gasteiger charge is 2.19. The summed E-state index contributed by atoms with van der Waals surface area (Å²) in [5, 5.41) is 7.36. The standard InChI is InChI=1S/C14H18BrN5/c1-9-8-10(2-3-12(9)15)13-17-14(19-18-13)20-6-4-11(16)5-7-20/h2-3,8,11H,4-7,16H2,1H3,(H,17,18,19). The lowest BCUT2D eigenvalue weighted by atomic mass is 10.1. The summed E-state index contributed by atoms with van der Waals surface area (Å²) < 4.78 is 1.10. The van der Waals surface area contributed by atoms with Gasteiger partial charge >= 0.3 is 0 Å². The Morgan fingerprint density at radius 2 is 2.10 bits per heavy atom. The Labute approximate surface area is 126 Å². The van der Waals surface area contributed by atoms with Gasteiger partial charge in [-0.3, -0.25) is 5.10 Å². The Hall–Kier alpha value is -1.40. The molecule has 1 aliphatic heterocycles. The van der Waals surface area contributed by atoms with Gasteiger partial charge < -0.3 is 10.6 Å². The van der Waals surface area contributed by atoms with Crippen molar-refractivity contribution in [1.29, 1.82) is 0 Å². The maximum Gasteiger partial charge on any atom is 0.245 e. The third kappa shape index (κ3) is 2.71. The van der Waals surface area contributed by atoms with Gasteiger partial charge in [0.25, 0.3) is 0 Å². The average molecular weight is 336 g/mol. The molecule has 0 aliphatic carbocycles. The van der Waals surface area contributed by atoms with Crippen LogP contribution in [0.5, 0.6) is 0 Å². The predicted molar refractivity (Wildman–Crippen MR) is 83.7 cm³/mol. The van der Waals surface area contributed by atoms with Crippen molar-refractivity contribution >= 4 is 21.9 Å². The van der Waals surface area contributed by atoms with Crippen LogP contribution in [-0.2, 0) is 0 Å². The number of anilines is 1. The van der Waals surface area contributed by atoms with E-state index in [0.717, 1.165) is 47.7 Å². The van der Waals surface area contributed by atoms with E-state index in [1.807, 2.05) is 12.1 Å². The minimum atomic E-state index is 0.318. The Bertz CT molecular complexity index is 601. The first-order valence-corrected chi connectivity index (χ1v) is 7.62. The number of nitrogens with zero attached hydrogens (tertiary/aromatic N) is 3. The molecular formula is C14H18BrN5. The molecule has 0 amide bonds. The SMILES string of the molecule is Cc1cc(-c2nc(N3CCC(N)CC3)n[nH]2)ccc1Br. The summed E-state index contributed by atoms with van der Waals surface area (Å²) >= 11 is 3.51. The zero-order valence-electron chi connectivity index (χ0n) is 11.4. The number of nitrogens with one attached hydrogen (secondary N) is 1. The number of piperidine rings is 1. The molecular weight excluding hydrogens is 318 g/mol. The van der Waals surface area contributed by atoms with Crippen LogP contribution < -0.4 is 10.6 Å². The largest absolute Gasteiger partial charge is 0.339 e. The van der Waals surface area contributed by atoms with Crippen molar-refractivity contribution in [2.75, 3.05) is 18.0 Å². The molecule has 2 aromatic rings. The van der Waals surface area contributed by atoms with Gasteiger partial charge in [-0.15, -0.1) is 5.10 Å². The third-order valence-electron chi connectivity index (χ3n) is 3.73. The molecule has 6 heteroatoms. The van der Waals surface area contributed by atoms with Gasteiger partial charge in [0, 0.05) is 29.2 Å². The van der Waals surface area contributed by atoms with Crippen LogP contribution in [0.1, 0.15) is 18.4 Å². The van der Waals surface area contributed by atoms with Crippen molar-refractivity contribution in [3.8, 4) is 11.4 Å². The maximum absolute atomic E-state index is 5.92. The lowest BCUT2D eigenvalue weighted by Crippen LogP contribution is -2.40. The normalized spacial score (nSPS) is 16.6. The van der Waals surface area contributed by atoms with Gasteiger partial charge in [-0.1, -0.05) is 22.0 Å². The van der Waals surface area contributed by atoms with Gasteiger partial charge in [-0.25, -0.2) is 0 Å². The highest BCUT2D eigenvalue weighted by molar-refractivity contribution is 9.10. The van der Waals surface area contributed by atoms with Gasteiger partial charge in [0.15, 0.2) is 5.82 Å². The summed E-state index contributed by atoms with van der Waals surface area (Å²) in [4.78, 5) is 6.79. The molecule has 0 unspecified atom stereocenters. The number of aromatic nitrogens is 3. The van der Waals surface area contributed by atoms with Crippen LogP contribution in [0.2, 0.25) is 0 Å². The van der Waals surface area contributed by atoms with Crippen molar-refractivity contribution in [2.24, 2.45) is 5.73 Å². The van der Waals surface area contributed by atoms with Gasteiger partial charge in [0.05, 0.1) is 0 Å². The van der Waals surface area contributed by atoms with E-state index in [4.69, 9.17) is 5.73 Å². The number of nitrogens with two attached hydrogens (primary N) is 1. The quantitative estimate of drug-likeness (QED) is 0.884. The number of halogens is 1. The number of hydrogen-bond acceptors (Lipinski definition) is 4. The zero-order chi connectivity index (χ0) is 14.1. The first-order chi connectivity index (χ1) is 9.63. The van der Waals surface area contributed by atoms with Gasteiger partial charge in [-0.05, 0) is 37.5 Å². The minimum Gasteiger partial charge on any atom is -0.339 e. The topological polar surface area (TPSA) is 70.8 Å². The fraction of sp³-hybridized carbons (Fsp3) is 0.429. The monoisotopic (exact) mass is 335 g/mol. The lowest BCUT2D eigenvalue weighted by molar-refractivity contribution is 0.496. The molecule has 0 radical (unpaired) electrons. The average Bonchev–Trinajstić information content (AvgIpc) is 2.92. The molecule has 106 valence electrons. The number of hydrogen-bond donors (Lipinski definition) is 2. The maximum atomic E-state index is 5.92. The van der Waals surface area contributed by atoms with Crippen molar-refractivity contribution in [1.82, 2.24) is 15.2 Å². The van der Waals surface area contributed by atoms with E-state index in [1.165, 1.54) is 5.56 Å². The minimum absolute atomic E-state index is 0.318. The highest BCUT2D eigenvalue weighted by atomic mass is 79.9. The van der Waals surface area contributed by atoms with Crippen molar-refractivity contribution in [2.45, 2.75) is 25.8 Å². The summed E-state index contributed by atoms with van der Waals surface area (Å²) in [5.74, 6) is 1.58. The number of aromatic amines is 1. The van der Waals surface area contributed by atoms with Crippen molar-refractivity contribution < 1.29 is 0 Å². The fourth-order valence-electron chi connectivity index (χ4n) is 2.41. The van der Waals surface area contributed by atoms with E-state index >= 15 is 0 Å². The number of benzene rings is 1. The van der Waals surface area contributed by atoms with E-state index < -0.39 is 0 Å². The molecule has 1 aliphatic rings. The zero-order valence-corrected chi connectivity index (χ0v) is 13.0. The number of H-pyrrole nitrogens is 1. The molecule has 3 rings (SSSR count). The first kappa shape index (κ1) is 13.6. The van der Waals surface area contributed by atoms with Crippen LogP contribution in [0.3, 0.4) is 0 Å². The van der Waals surface area contributed by atoms with Crippen LogP contribution in [-0.4, -0.2) is 34.3 Å². The number of rotatable bonds is 2. The smallest absolute Gasteiger partial charge is 0.245 e. The summed E-state index contributed by atoms with van der Waals surface area (Å²) in [7, 11) is 0. The predicted octanol–water partition coefficient (Wildman–Crippen LogP) is 2.47. The van der Waals surface area contributed by atoms with E-state index in [1.54, 1.807) is 0 Å². The summed E-state index contributed by atoms with van der Waals surface area (Å²) in [6, 6.07) is 6.49. The molecule has 0 spiro atoms.